The standard InChI is InChI=1S/C25H27N5O3/c1-32-22-4-2-3-19(17-22)20-5-6-21-7-8-24(29(21)18-20)30-11-9-23(27-30)25(31)26-10-12-28-13-15-33-16-14-28/h2-9,11,17-18H,10,12-16H2,1H3,(H,26,31). The number of morpholine rings is 1. The zero-order valence-corrected chi connectivity index (χ0v) is 18.6. The molecule has 1 aliphatic rings. The van der Waals surface area contributed by atoms with E-state index in [0.717, 1.165) is 61.1 Å². The van der Waals surface area contributed by atoms with Crippen LogP contribution in [0.3, 0.4) is 0 Å². The number of carbonyl (C=O) groups excluding carboxylic acids is 1. The van der Waals surface area contributed by atoms with Crippen LogP contribution in [0.2, 0.25) is 0 Å². The average molecular weight is 446 g/mol. The van der Waals surface area contributed by atoms with Gasteiger partial charge in [0.1, 0.15) is 11.6 Å². The monoisotopic (exact) mass is 445 g/mol. The fourth-order valence-electron chi connectivity index (χ4n) is 4.06. The highest BCUT2D eigenvalue weighted by Gasteiger charge is 2.14. The van der Waals surface area contributed by atoms with Gasteiger partial charge in [0.15, 0.2) is 5.69 Å². The Morgan fingerprint density at radius 3 is 2.79 bits per heavy atom. The van der Waals surface area contributed by atoms with E-state index in [1.165, 1.54) is 0 Å². The molecule has 0 unspecified atom stereocenters. The van der Waals surface area contributed by atoms with Crippen molar-refractivity contribution >= 4 is 11.4 Å². The number of aromatic nitrogens is 3. The number of fused-ring (bicyclic) bond motifs is 1. The van der Waals surface area contributed by atoms with Crippen molar-refractivity contribution < 1.29 is 14.3 Å². The lowest BCUT2D eigenvalue weighted by molar-refractivity contribution is 0.0383. The summed E-state index contributed by atoms with van der Waals surface area (Å²) in [4.78, 5) is 14.9. The molecule has 3 aromatic heterocycles. The zero-order chi connectivity index (χ0) is 22.6. The number of hydrogen-bond acceptors (Lipinski definition) is 5. The van der Waals surface area contributed by atoms with Crippen LogP contribution in [-0.4, -0.2) is 71.5 Å². The van der Waals surface area contributed by atoms with Crippen LogP contribution in [-0.2, 0) is 4.74 Å². The van der Waals surface area contributed by atoms with Gasteiger partial charge >= 0.3 is 0 Å². The van der Waals surface area contributed by atoms with Gasteiger partial charge in [-0.3, -0.25) is 9.69 Å². The first kappa shape index (κ1) is 21.2. The molecule has 1 N–H and O–H groups in total. The molecular formula is C25H27N5O3. The largest absolute Gasteiger partial charge is 0.497 e. The summed E-state index contributed by atoms with van der Waals surface area (Å²) in [5, 5.41) is 7.50. The topological polar surface area (TPSA) is 73.0 Å². The van der Waals surface area contributed by atoms with Gasteiger partial charge in [-0.05, 0) is 47.5 Å². The van der Waals surface area contributed by atoms with Gasteiger partial charge in [0.25, 0.3) is 5.91 Å². The van der Waals surface area contributed by atoms with Gasteiger partial charge in [-0.1, -0.05) is 18.2 Å². The molecule has 1 aliphatic heterocycles. The second kappa shape index (κ2) is 9.48. The molecule has 4 aromatic rings. The molecule has 4 heterocycles. The van der Waals surface area contributed by atoms with E-state index in [0.29, 0.717) is 12.2 Å². The SMILES string of the molecule is COc1cccc(-c2ccc3ccc(-n4ccc(C(=O)NCCN5CCOCC5)n4)n3c2)c1. The molecule has 5 rings (SSSR count). The Labute approximate surface area is 192 Å². The summed E-state index contributed by atoms with van der Waals surface area (Å²) in [6, 6.07) is 17.9. The van der Waals surface area contributed by atoms with Crippen molar-refractivity contribution in [2.45, 2.75) is 0 Å². The summed E-state index contributed by atoms with van der Waals surface area (Å²) < 4.78 is 14.5. The summed E-state index contributed by atoms with van der Waals surface area (Å²) in [5.74, 6) is 1.51. The minimum absolute atomic E-state index is 0.167. The molecule has 1 saturated heterocycles. The first-order valence-corrected chi connectivity index (χ1v) is 11.1. The zero-order valence-electron chi connectivity index (χ0n) is 18.6. The fourth-order valence-corrected chi connectivity index (χ4v) is 4.06. The highest BCUT2D eigenvalue weighted by atomic mass is 16.5. The normalized spacial score (nSPS) is 14.5. The average Bonchev–Trinajstić information content (AvgIpc) is 3.51. The summed E-state index contributed by atoms with van der Waals surface area (Å²) in [6.07, 6.45) is 3.89. The van der Waals surface area contributed by atoms with Crippen molar-refractivity contribution in [1.82, 2.24) is 24.4 Å². The van der Waals surface area contributed by atoms with E-state index in [9.17, 15) is 4.79 Å². The first-order chi connectivity index (χ1) is 16.2. The second-order valence-electron chi connectivity index (χ2n) is 7.99. The Morgan fingerprint density at radius 2 is 1.94 bits per heavy atom. The van der Waals surface area contributed by atoms with Gasteiger partial charge < -0.3 is 19.2 Å². The van der Waals surface area contributed by atoms with Crippen molar-refractivity contribution in [3.63, 3.8) is 0 Å². The number of amides is 1. The Balaban J connectivity index is 1.32. The predicted octanol–water partition coefficient (Wildman–Crippen LogP) is 2.86. The summed E-state index contributed by atoms with van der Waals surface area (Å²) in [6.45, 7) is 4.72. The Morgan fingerprint density at radius 1 is 1.09 bits per heavy atom. The van der Waals surface area contributed by atoms with Crippen molar-refractivity contribution in [3.8, 4) is 22.7 Å². The molecule has 8 heteroatoms. The number of ether oxygens (including phenoxy) is 2. The maximum absolute atomic E-state index is 12.6. The van der Waals surface area contributed by atoms with E-state index >= 15 is 0 Å². The molecule has 0 atom stereocenters. The highest BCUT2D eigenvalue weighted by molar-refractivity contribution is 5.92. The van der Waals surface area contributed by atoms with E-state index in [2.05, 4.69) is 44.1 Å². The van der Waals surface area contributed by atoms with Crippen LogP contribution >= 0.6 is 0 Å². The maximum Gasteiger partial charge on any atom is 0.271 e. The Hall–Kier alpha value is -3.62. The second-order valence-corrected chi connectivity index (χ2v) is 7.99. The molecule has 0 saturated carbocycles. The van der Waals surface area contributed by atoms with Crippen molar-refractivity contribution in [1.29, 1.82) is 0 Å². The van der Waals surface area contributed by atoms with Gasteiger partial charge in [-0.2, -0.15) is 5.10 Å². The lowest BCUT2D eigenvalue weighted by Gasteiger charge is -2.26. The molecule has 1 amide bonds. The summed E-state index contributed by atoms with van der Waals surface area (Å²) in [7, 11) is 1.67. The number of carbonyl (C=O) groups is 1. The van der Waals surface area contributed by atoms with Gasteiger partial charge in [0.2, 0.25) is 0 Å². The quantitative estimate of drug-likeness (QED) is 0.474. The molecule has 1 aromatic carbocycles. The molecule has 0 bridgehead atoms. The summed E-state index contributed by atoms with van der Waals surface area (Å²) >= 11 is 0. The maximum atomic E-state index is 12.6. The van der Waals surface area contributed by atoms with E-state index in [-0.39, 0.29) is 5.91 Å². The predicted molar refractivity (Wildman–Crippen MR) is 126 cm³/mol. The van der Waals surface area contributed by atoms with E-state index in [4.69, 9.17) is 9.47 Å². The van der Waals surface area contributed by atoms with Crippen LogP contribution in [0.15, 0.2) is 67.0 Å². The number of hydrogen-bond donors (Lipinski definition) is 1. The third kappa shape index (κ3) is 4.62. The lowest BCUT2D eigenvalue weighted by atomic mass is 10.1. The Bertz CT molecular complexity index is 1260. The van der Waals surface area contributed by atoms with Crippen molar-refractivity contribution in [3.05, 3.63) is 72.7 Å². The molecule has 8 nitrogen and oxygen atoms in total. The van der Waals surface area contributed by atoms with Crippen LogP contribution in [0.5, 0.6) is 5.75 Å². The molecular weight excluding hydrogens is 418 g/mol. The van der Waals surface area contributed by atoms with Gasteiger partial charge in [-0.15, -0.1) is 0 Å². The molecule has 170 valence electrons. The molecule has 0 aliphatic carbocycles. The Kier molecular flexibility index (Phi) is 6.10. The molecule has 1 fully saturated rings. The van der Waals surface area contributed by atoms with E-state index in [1.54, 1.807) is 17.9 Å². The third-order valence-electron chi connectivity index (χ3n) is 5.91. The number of pyridine rings is 1. The fraction of sp³-hybridized carbons (Fsp3) is 0.280. The minimum Gasteiger partial charge on any atom is -0.497 e. The van der Waals surface area contributed by atoms with E-state index in [1.807, 2.05) is 36.5 Å². The van der Waals surface area contributed by atoms with Crippen molar-refractivity contribution in [2.75, 3.05) is 46.5 Å². The third-order valence-corrected chi connectivity index (χ3v) is 5.91. The van der Waals surface area contributed by atoms with Crippen LogP contribution in [0, 0.1) is 0 Å². The number of nitrogens with zero attached hydrogens (tertiary/aromatic N) is 4. The molecule has 33 heavy (non-hydrogen) atoms. The van der Waals surface area contributed by atoms with Crippen LogP contribution < -0.4 is 10.1 Å². The smallest absolute Gasteiger partial charge is 0.271 e. The number of rotatable bonds is 7. The number of benzene rings is 1. The van der Waals surface area contributed by atoms with Gasteiger partial charge in [-0.25, -0.2) is 4.68 Å². The van der Waals surface area contributed by atoms with Crippen LogP contribution in [0.1, 0.15) is 10.5 Å². The van der Waals surface area contributed by atoms with Gasteiger partial charge in [0, 0.05) is 44.1 Å². The highest BCUT2D eigenvalue weighted by Crippen LogP contribution is 2.26. The van der Waals surface area contributed by atoms with Crippen LogP contribution in [0.4, 0.5) is 0 Å². The minimum atomic E-state index is -0.167. The first-order valence-electron chi connectivity index (χ1n) is 11.1. The number of methoxy groups -OCH3 is 1. The number of nitrogens with one attached hydrogen (secondary N) is 1. The molecule has 0 spiro atoms. The summed E-state index contributed by atoms with van der Waals surface area (Å²) in [5.41, 5.74) is 3.57. The van der Waals surface area contributed by atoms with Crippen LogP contribution in [0.25, 0.3) is 22.5 Å². The molecule has 0 radical (unpaired) electrons. The lowest BCUT2D eigenvalue weighted by Crippen LogP contribution is -2.41. The van der Waals surface area contributed by atoms with Crippen molar-refractivity contribution in [2.24, 2.45) is 0 Å². The van der Waals surface area contributed by atoms with Gasteiger partial charge in [0.05, 0.1) is 20.3 Å². The van der Waals surface area contributed by atoms with E-state index < -0.39 is 0 Å².